The van der Waals surface area contributed by atoms with Crippen molar-refractivity contribution in [1.82, 2.24) is 15.1 Å². The van der Waals surface area contributed by atoms with Gasteiger partial charge in [0.15, 0.2) is 0 Å². The van der Waals surface area contributed by atoms with E-state index in [4.69, 9.17) is 0 Å². The number of hydrogen-bond acceptors (Lipinski definition) is 3. The highest BCUT2D eigenvalue weighted by Crippen LogP contribution is 2.48. The van der Waals surface area contributed by atoms with Crippen LogP contribution in [-0.4, -0.2) is 47.3 Å². The van der Waals surface area contributed by atoms with Gasteiger partial charge in [0.25, 0.3) is 0 Å². The van der Waals surface area contributed by atoms with Crippen LogP contribution in [0.1, 0.15) is 75.3 Å². The molecule has 2 heterocycles. The lowest BCUT2D eigenvalue weighted by atomic mass is 9.68. The molecule has 1 atom stereocenters. The number of rotatable bonds is 6. The van der Waals surface area contributed by atoms with Crippen molar-refractivity contribution in [1.29, 1.82) is 0 Å². The Balaban J connectivity index is 1.19. The van der Waals surface area contributed by atoms with E-state index in [0.717, 1.165) is 70.3 Å². The molecule has 4 aliphatic rings. The molecule has 1 saturated heterocycles. The number of amides is 2. The molecule has 2 amide bonds. The van der Waals surface area contributed by atoms with Crippen molar-refractivity contribution in [3.05, 3.63) is 47.2 Å². The maximum atomic E-state index is 13.5. The lowest BCUT2D eigenvalue weighted by Crippen LogP contribution is -2.55. The van der Waals surface area contributed by atoms with Crippen molar-refractivity contribution in [3.8, 4) is 0 Å². The molecule has 1 aromatic carbocycles. The molecular formula is C27H37N3O2. The highest BCUT2D eigenvalue weighted by molar-refractivity contribution is 5.91. The normalized spacial score (nSPS) is 26.4. The fraction of sp³-hybridized carbons (Fsp3) is 0.630. The molecule has 5 heteroatoms. The van der Waals surface area contributed by atoms with E-state index in [-0.39, 0.29) is 11.8 Å². The summed E-state index contributed by atoms with van der Waals surface area (Å²) in [6.07, 6.45) is 12.9. The van der Waals surface area contributed by atoms with Gasteiger partial charge < -0.3 is 10.2 Å². The molecule has 2 aliphatic heterocycles. The minimum absolute atomic E-state index is 0.155. The second-order valence-electron chi connectivity index (χ2n) is 10.2. The number of benzene rings is 1. The molecule has 1 N–H and O–H groups in total. The Labute approximate surface area is 192 Å². The summed E-state index contributed by atoms with van der Waals surface area (Å²) < 4.78 is 0. The first-order chi connectivity index (χ1) is 15.7. The van der Waals surface area contributed by atoms with E-state index in [1.165, 1.54) is 24.0 Å². The second-order valence-corrected chi connectivity index (χ2v) is 10.2. The van der Waals surface area contributed by atoms with Gasteiger partial charge in [-0.3, -0.25) is 14.5 Å². The minimum atomic E-state index is -0.487. The largest absolute Gasteiger partial charge is 0.355 e. The van der Waals surface area contributed by atoms with Gasteiger partial charge in [-0.25, -0.2) is 0 Å². The average Bonchev–Trinajstić information content (AvgIpc) is 3.36. The molecule has 5 rings (SSSR count). The third-order valence-corrected chi connectivity index (χ3v) is 8.20. The van der Waals surface area contributed by atoms with Crippen molar-refractivity contribution >= 4 is 11.8 Å². The molecule has 0 aromatic heterocycles. The van der Waals surface area contributed by atoms with Crippen LogP contribution in [0.2, 0.25) is 0 Å². The number of carbonyl (C=O) groups excluding carboxylic acids is 2. The topological polar surface area (TPSA) is 52.7 Å². The summed E-state index contributed by atoms with van der Waals surface area (Å²) in [6.45, 7) is 3.83. The zero-order chi connectivity index (χ0) is 22.0. The van der Waals surface area contributed by atoms with Gasteiger partial charge in [-0.05, 0) is 62.5 Å². The Morgan fingerprint density at radius 2 is 1.88 bits per heavy atom. The fourth-order valence-electron chi connectivity index (χ4n) is 6.45. The van der Waals surface area contributed by atoms with Crippen LogP contribution in [0.25, 0.3) is 0 Å². The van der Waals surface area contributed by atoms with E-state index < -0.39 is 5.41 Å². The summed E-state index contributed by atoms with van der Waals surface area (Å²) in [6, 6.07) is 9.04. The quantitative estimate of drug-likeness (QED) is 0.683. The fourth-order valence-corrected chi connectivity index (χ4v) is 6.45. The Hall–Kier alpha value is -2.14. The predicted molar refractivity (Wildman–Crippen MR) is 126 cm³/mol. The van der Waals surface area contributed by atoms with Gasteiger partial charge in [0.2, 0.25) is 11.8 Å². The standard InChI is InChI=1S/C27H37N3O2/c31-25-13-16-27(15-6-5-12-24(27)30(25)23-10-3-4-11-23)26(32)28-17-7-18-29-19-14-21-8-1-2-9-22(21)20-29/h1-2,8-9,12,23H,3-7,10-11,13-20H2,(H,28,32). The number of nitrogens with zero attached hydrogens (tertiary/aromatic N) is 2. The smallest absolute Gasteiger partial charge is 0.232 e. The van der Waals surface area contributed by atoms with Crippen molar-refractivity contribution in [3.63, 3.8) is 0 Å². The number of hydrogen-bond donors (Lipinski definition) is 1. The third-order valence-electron chi connectivity index (χ3n) is 8.20. The van der Waals surface area contributed by atoms with E-state index in [1.807, 2.05) is 0 Å². The van der Waals surface area contributed by atoms with Crippen LogP contribution in [0.3, 0.4) is 0 Å². The number of allylic oxidation sites excluding steroid dienone is 1. The van der Waals surface area contributed by atoms with Crippen LogP contribution >= 0.6 is 0 Å². The van der Waals surface area contributed by atoms with Crippen LogP contribution in [0.15, 0.2) is 36.0 Å². The Morgan fingerprint density at radius 1 is 1.06 bits per heavy atom. The second kappa shape index (κ2) is 9.38. The van der Waals surface area contributed by atoms with Crippen LogP contribution in [0.4, 0.5) is 0 Å². The lowest BCUT2D eigenvalue weighted by Gasteiger charge is -2.48. The number of likely N-dealkylation sites (tertiary alicyclic amines) is 1. The van der Waals surface area contributed by atoms with Crippen LogP contribution in [0.5, 0.6) is 0 Å². The van der Waals surface area contributed by atoms with Crippen LogP contribution < -0.4 is 5.32 Å². The van der Waals surface area contributed by atoms with Crippen LogP contribution in [-0.2, 0) is 22.6 Å². The van der Waals surface area contributed by atoms with Gasteiger partial charge in [-0.15, -0.1) is 0 Å². The van der Waals surface area contributed by atoms with Crippen molar-refractivity contribution in [2.75, 3.05) is 19.6 Å². The first kappa shape index (κ1) is 21.7. The van der Waals surface area contributed by atoms with Gasteiger partial charge in [-0.2, -0.15) is 0 Å². The molecule has 0 bridgehead atoms. The molecule has 1 saturated carbocycles. The van der Waals surface area contributed by atoms with Crippen LogP contribution in [0, 0.1) is 5.41 Å². The van der Waals surface area contributed by atoms with Crippen molar-refractivity contribution < 1.29 is 9.59 Å². The SMILES string of the molecule is O=C1CCC2(C(=O)NCCCN3CCc4ccccc4C3)CCCC=C2N1C1CCCC1. The Bertz CT molecular complexity index is 889. The zero-order valence-electron chi connectivity index (χ0n) is 19.3. The predicted octanol–water partition coefficient (Wildman–Crippen LogP) is 4.17. The van der Waals surface area contributed by atoms with Crippen molar-refractivity contribution in [2.45, 2.75) is 83.2 Å². The van der Waals surface area contributed by atoms with Gasteiger partial charge in [-0.1, -0.05) is 43.2 Å². The molecule has 2 aliphatic carbocycles. The van der Waals surface area contributed by atoms with E-state index in [2.05, 4.69) is 45.5 Å². The number of piperidine rings is 1. The first-order valence-corrected chi connectivity index (χ1v) is 12.8. The summed E-state index contributed by atoms with van der Waals surface area (Å²) in [5.41, 5.74) is 3.47. The third kappa shape index (κ3) is 4.12. The van der Waals surface area contributed by atoms with E-state index in [9.17, 15) is 9.59 Å². The number of fused-ring (bicyclic) bond motifs is 2. The molecule has 5 nitrogen and oxygen atoms in total. The average molecular weight is 436 g/mol. The summed E-state index contributed by atoms with van der Waals surface area (Å²) >= 11 is 0. The highest BCUT2D eigenvalue weighted by Gasteiger charge is 2.51. The van der Waals surface area contributed by atoms with E-state index in [1.54, 1.807) is 0 Å². The molecule has 1 unspecified atom stereocenters. The van der Waals surface area contributed by atoms with Gasteiger partial charge in [0, 0.05) is 44.3 Å². The summed E-state index contributed by atoms with van der Waals surface area (Å²) in [5.74, 6) is 0.391. The highest BCUT2D eigenvalue weighted by atomic mass is 16.2. The van der Waals surface area contributed by atoms with E-state index >= 15 is 0 Å². The zero-order valence-corrected chi connectivity index (χ0v) is 19.3. The molecular weight excluding hydrogens is 398 g/mol. The molecule has 1 aromatic rings. The monoisotopic (exact) mass is 435 g/mol. The molecule has 2 fully saturated rings. The van der Waals surface area contributed by atoms with Gasteiger partial charge in [0.05, 0.1) is 5.41 Å². The minimum Gasteiger partial charge on any atom is -0.355 e. The maximum absolute atomic E-state index is 13.5. The first-order valence-electron chi connectivity index (χ1n) is 12.8. The number of carbonyl (C=O) groups is 2. The molecule has 0 radical (unpaired) electrons. The van der Waals surface area contributed by atoms with Gasteiger partial charge >= 0.3 is 0 Å². The van der Waals surface area contributed by atoms with Crippen molar-refractivity contribution in [2.24, 2.45) is 5.41 Å². The molecule has 32 heavy (non-hydrogen) atoms. The Morgan fingerprint density at radius 3 is 2.72 bits per heavy atom. The molecule has 0 spiro atoms. The molecule has 172 valence electrons. The lowest BCUT2D eigenvalue weighted by molar-refractivity contribution is -0.142. The summed E-state index contributed by atoms with van der Waals surface area (Å²) in [7, 11) is 0. The van der Waals surface area contributed by atoms with Gasteiger partial charge in [0.1, 0.15) is 0 Å². The van der Waals surface area contributed by atoms with E-state index in [0.29, 0.717) is 25.4 Å². The maximum Gasteiger partial charge on any atom is 0.232 e. The summed E-state index contributed by atoms with van der Waals surface area (Å²) in [4.78, 5) is 31.0. The Kier molecular flexibility index (Phi) is 6.36. The summed E-state index contributed by atoms with van der Waals surface area (Å²) in [5, 5.41) is 3.28. The number of nitrogens with one attached hydrogen (secondary N) is 1.